The van der Waals surface area contributed by atoms with E-state index in [0.717, 1.165) is 5.69 Å². The molecule has 0 radical (unpaired) electrons. The van der Waals surface area contributed by atoms with Gasteiger partial charge in [-0.2, -0.15) is 11.8 Å². The van der Waals surface area contributed by atoms with Gasteiger partial charge in [0.05, 0.1) is 17.3 Å². The van der Waals surface area contributed by atoms with Gasteiger partial charge < -0.3 is 5.11 Å². The number of rotatable bonds is 2. The summed E-state index contributed by atoms with van der Waals surface area (Å²) in [5.74, 6) is 3.18. The molecule has 0 atom stereocenters. The van der Waals surface area contributed by atoms with Crippen LogP contribution in [-0.2, 0) is 6.61 Å². The summed E-state index contributed by atoms with van der Waals surface area (Å²) >= 11 is 3.73. The Balaban J connectivity index is 2.05. The van der Waals surface area contributed by atoms with Crippen molar-refractivity contribution in [2.24, 2.45) is 0 Å². The maximum absolute atomic E-state index is 8.89. The van der Waals surface area contributed by atoms with E-state index in [1.165, 1.54) is 29.4 Å². The maximum atomic E-state index is 8.89. The average molecular weight is 215 g/mol. The van der Waals surface area contributed by atoms with Crippen molar-refractivity contribution in [3.63, 3.8) is 0 Å². The molecule has 0 spiro atoms. The van der Waals surface area contributed by atoms with Crippen molar-refractivity contribution in [2.75, 3.05) is 11.5 Å². The Bertz CT molecular complexity index is 268. The fourth-order valence-corrected chi connectivity index (χ4v) is 3.62. The van der Waals surface area contributed by atoms with E-state index in [4.69, 9.17) is 5.11 Å². The lowest BCUT2D eigenvalue weighted by Gasteiger charge is -2.18. The van der Waals surface area contributed by atoms with Crippen LogP contribution in [0.15, 0.2) is 5.38 Å². The zero-order valence-corrected chi connectivity index (χ0v) is 9.03. The minimum absolute atomic E-state index is 0.0813. The van der Waals surface area contributed by atoms with Crippen molar-refractivity contribution in [1.29, 1.82) is 0 Å². The number of nitrogens with zero attached hydrogens (tertiary/aromatic N) is 1. The van der Waals surface area contributed by atoms with Gasteiger partial charge in [-0.1, -0.05) is 0 Å². The first-order valence-electron chi connectivity index (χ1n) is 4.53. The summed E-state index contributed by atoms with van der Waals surface area (Å²) < 4.78 is 0. The SMILES string of the molecule is OCc1csc(C2CCSCC2)n1. The lowest BCUT2D eigenvalue weighted by Crippen LogP contribution is -2.07. The lowest BCUT2D eigenvalue weighted by molar-refractivity contribution is 0.277. The topological polar surface area (TPSA) is 33.1 Å². The molecule has 13 heavy (non-hydrogen) atoms. The standard InChI is InChI=1S/C9H13NOS2/c11-5-8-6-13-9(10-8)7-1-3-12-4-2-7/h6-7,11H,1-5H2. The van der Waals surface area contributed by atoms with Gasteiger partial charge in [0, 0.05) is 11.3 Å². The minimum Gasteiger partial charge on any atom is -0.390 e. The first kappa shape index (κ1) is 9.49. The van der Waals surface area contributed by atoms with Crippen molar-refractivity contribution in [3.8, 4) is 0 Å². The van der Waals surface area contributed by atoms with Gasteiger partial charge in [0.25, 0.3) is 0 Å². The molecular weight excluding hydrogens is 202 g/mol. The molecule has 0 saturated carbocycles. The van der Waals surface area contributed by atoms with Crippen LogP contribution in [0.4, 0.5) is 0 Å². The second-order valence-electron chi connectivity index (χ2n) is 3.22. The van der Waals surface area contributed by atoms with E-state index in [2.05, 4.69) is 4.98 Å². The number of thiazole rings is 1. The van der Waals surface area contributed by atoms with Crippen LogP contribution in [0.25, 0.3) is 0 Å². The third-order valence-corrected chi connectivity index (χ3v) is 4.41. The molecular formula is C9H13NOS2. The van der Waals surface area contributed by atoms with Gasteiger partial charge in [-0.25, -0.2) is 4.98 Å². The molecule has 2 heterocycles. The third kappa shape index (κ3) is 2.24. The molecule has 1 saturated heterocycles. The van der Waals surface area contributed by atoms with Gasteiger partial charge >= 0.3 is 0 Å². The molecule has 2 rings (SSSR count). The van der Waals surface area contributed by atoms with E-state index >= 15 is 0 Å². The molecule has 1 fully saturated rings. The number of hydrogen-bond acceptors (Lipinski definition) is 4. The molecule has 0 unspecified atom stereocenters. The van der Waals surface area contributed by atoms with Crippen LogP contribution in [0, 0.1) is 0 Å². The van der Waals surface area contributed by atoms with Crippen LogP contribution in [0.1, 0.15) is 29.5 Å². The lowest BCUT2D eigenvalue weighted by atomic mass is 10.0. The second kappa shape index (κ2) is 4.44. The van der Waals surface area contributed by atoms with Crippen LogP contribution in [0.3, 0.4) is 0 Å². The molecule has 1 aromatic heterocycles. The zero-order chi connectivity index (χ0) is 9.10. The summed E-state index contributed by atoms with van der Waals surface area (Å²) in [6.45, 7) is 0.0813. The highest BCUT2D eigenvalue weighted by molar-refractivity contribution is 7.99. The number of aromatic nitrogens is 1. The second-order valence-corrected chi connectivity index (χ2v) is 5.34. The predicted octanol–water partition coefficient (Wildman–Crippen LogP) is 2.25. The Kier molecular flexibility index (Phi) is 3.24. The molecule has 1 aliphatic rings. The van der Waals surface area contributed by atoms with Gasteiger partial charge in [-0.15, -0.1) is 11.3 Å². The van der Waals surface area contributed by atoms with Crippen LogP contribution in [-0.4, -0.2) is 21.6 Å². The van der Waals surface area contributed by atoms with E-state index < -0.39 is 0 Å². The van der Waals surface area contributed by atoms with E-state index in [0.29, 0.717) is 5.92 Å². The van der Waals surface area contributed by atoms with Crippen molar-refractivity contribution in [3.05, 3.63) is 16.1 Å². The minimum atomic E-state index is 0.0813. The van der Waals surface area contributed by atoms with Crippen LogP contribution in [0.2, 0.25) is 0 Å². The Morgan fingerprint density at radius 1 is 1.46 bits per heavy atom. The van der Waals surface area contributed by atoms with Gasteiger partial charge in [0.15, 0.2) is 0 Å². The van der Waals surface area contributed by atoms with E-state index in [-0.39, 0.29) is 6.61 Å². The maximum Gasteiger partial charge on any atom is 0.0960 e. The van der Waals surface area contributed by atoms with Gasteiger partial charge in [-0.05, 0) is 24.3 Å². The fourth-order valence-electron chi connectivity index (χ4n) is 1.53. The zero-order valence-electron chi connectivity index (χ0n) is 7.40. The summed E-state index contributed by atoms with van der Waals surface area (Å²) in [5.41, 5.74) is 0.832. The number of aliphatic hydroxyl groups is 1. The predicted molar refractivity (Wildman–Crippen MR) is 57.3 cm³/mol. The molecule has 0 aromatic carbocycles. The first-order chi connectivity index (χ1) is 6.40. The van der Waals surface area contributed by atoms with E-state index in [1.807, 2.05) is 17.1 Å². The molecule has 1 aliphatic heterocycles. The molecule has 1 N–H and O–H groups in total. The van der Waals surface area contributed by atoms with Crippen molar-refractivity contribution in [2.45, 2.75) is 25.4 Å². The highest BCUT2D eigenvalue weighted by atomic mass is 32.2. The van der Waals surface area contributed by atoms with Crippen LogP contribution < -0.4 is 0 Å². The summed E-state index contributed by atoms with van der Waals surface area (Å²) in [6.07, 6.45) is 2.51. The smallest absolute Gasteiger partial charge is 0.0960 e. The first-order valence-corrected chi connectivity index (χ1v) is 6.56. The van der Waals surface area contributed by atoms with Crippen LogP contribution >= 0.6 is 23.1 Å². The van der Waals surface area contributed by atoms with Gasteiger partial charge in [0.1, 0.15) is 0 Å². The van der Waals surface area contributed by atoms with Crippen molar-refractivity contribution >= 4 is 23.1 Å². The van der Waals surface area contributed by atoms with Crippen molar-refractivity contribution in [1.82, 2.24) is 4.98 Å². The van der Waals surface area contributed by atoms with Crippen LogP contribution in [0.5, 0.6) is 0 Å². The Hall–Kier alpha value is -0.0600. The highest BCUT2D eigenvalue weighted by Gasteiger charge is 2.18. The highest BCUT2D eigenvalue weighted by Crippen LogP contribution is 2.33. The largest absolute Gasteiger partial charge is 0.390 e. The number of hydrogen-bond donors (Lipinski definition) is 1. The summed E-state index contributed by atoms with van der Waals surface area (Å²) in [7, 11) is 0. The van der Waals surface area contributed by atoms with E-state index in [1.54, 1.807) is 11.3 Å². The number of thioether (sulfide) groups is 1. The summed E-state index contributed by atoms with van der Waals surface area (Å²) in [6, 6.07) is 0. The molecule has 1 aromatic rings. The third-order valence-electron chi connectivity index (χ3n) is 2.30. The van der Waals surface area contributed by atoms with E-state index in [9.17, 15) is 0 Å². The molecule has 72 valence electrons. The van der Waals surface area contributed by atoms with Gasteiger partial charge in [-0.3, -0.25) is 0 Å². The monoisotopic (exact) mass is 215 g/mol. The van der Waals surface area contributed by atoms with Gasteiger partial charge in [0.2, 0.25) is 0 Å². The molecule has 2 nitrogen and oxygen atoms in total. The molecule has 0 amide bonds. The Morgan fingerprint density at radius 3 is 2.85 bits per heavy atom. The quantitative estimate of drug-likeness (QED) is 0.821. The Morgan fingerprint density at radius 2 is 2.23 bits per heavy atom. The molecule has 4 heteroatoms. The molecule has 0 bridgehead atoms. The average Bonchev–Trinajstić information content (AvgIpc) is 2.67. The fraction of sp³-hybridized carbons (Fsp3) is 0.667. The summed E-state index contributed by atoms with van der Waals surface area (Å²) in [4.78, 5) is 4.41. The number of aliphatic hydroxyl groups excluding tert-OH is 1. The summed E-state index contributed by atoms with van der Waals surface area (Å²) in [5, 5.41) is 12.1. The molecule has 0 aliphatic carbocycles. The van der Waals surface area contributed by atoms with Crippen molar-refractivity contribution < 1.29 is 5.11 Å². The Labute approximate surface area is 86.4 Å². The normalized spacial score (nSPS) is 19.2.